The molecule has 1 aromatic rings. The zero-order valence-corrected chi connectivity index (χ0v) is 9.29. The second kappa shape index (κ2) is 4.04. The second-order valence-electron chi connectivity index (χ2n) is 4.35. The van der Waals surface area contributed by atoms with Gasteiger partial charge >= 0.3 is 5.69 Å². The maximum absolute atomic E-state index is 11.4. The summed E-state index contributed by atoms with van der Waals surface area (Å²) in [6, 6.07) is 2.00. The summed E-state index contributed by atoms with van der Waals surface area (Å²) in [5.74, 6) is 1.17. The molecular formula is C11H17N3O. The molecule has 2 heterocycles. The number of aromatic amines is 1. The summed E-state index contributed by atoms with van der Waals surface area (Å²) in [5.41, 5.74) is 0.736. The van der Waals surface area contributed by atoms with Crippen molar-refractivity contribution in [1.29, 1.82) is 0 Å². The van der Waals surface area contributed by atoms with Gasteiger partial charge in [0.2, 0.25) is 0 Å². The number of nitrogens with one attached hydrogen (secondary N) is 1. The van der Waals surface area contributed by atoms with Crippen LogP contribution in [0, 0.1) is 0 Å². The molecule has 0 aliphatic carbocycles. The zero-order valence-electron chi connectivity index (χ0n) is 9.29. The lowest BCUT2D eigenvalue weighted by atomic mass is 10.1. The van der Waals surface area contributed by atoms with Crippen LogP contribution in [0.25, 0.3) is 0 Å². The summed E-state index contributed by atoms with van der Waals surface area (Å²) in [5, 5.41) is 0. The lowest BCUT2D eigenvalue weighted by Gasteiger charge is -2.17. The summed E-state index contributed by atoms with van der Waals surface area (Å²) in [7, 11) is 0. The average molecular weight is 207 g/mol. The van der Waals surface area contributed by atoms with E-state index in [2.05, 4.69) is 28.7 Å². The fourth-order valence-electron chi connectivity index (χ4n) is 1.88. The van der Waals surface area contributed by atoms with Crippen molar-refractivity contribution in [2.45, 2.75) is 32.6 Å². The molecule has 1 aliphatic heterocycles. The normalized spacial score (nSPS) is 16.3. The van der Waals surface area contributed by atoms with Crippen LogP contribution >= 0.6 is 0 Å². The highest BCUT2D eigenvalue weighted by Gasteiger charge is 2.15. The van der Waals surface area contributed by atoms with Crippen molar-refractivity contribution >= 4 is 5.82 Å². The van der Waals surface area contributed by atoms with Gasteiger partial charge in [0.25, 0.3) is 0 Å². The van der Waals surface area contributed by atoms with Crippen LogP contribution in [-0.2, 0) is 0 Å². The van der Waals surface area contributed by atoms with E-state index in [9.17, 15) is 4.79 Å². The summed E-state index contributed by atoms with van der Waals surface area (Å²) in [6.07, 6.45) is 2.40. The SMILES string of the molecule is CC(C)c1cc(N2CCCC2)nc(=O)[nH]1. The standard InChI is InChI=1S/C11H17N3O/c1-8(2)9-7-10(13-11(15)12-9)14-5-3-4-6-14/h7-8H,3-6H2,1-2H3,(H,12,13,15). The monoisotopic (exact) mass is 207 g/mol. The van der Waals surface area contributed by atoms with E-state index in [0.717, 1.165) is 24.6 Å². The topological polar surface area (TPSA) is 49.0 Å². The third kappa shape index (κ3) is 2.19. The molecule has 2 rings (SSSR count). The Morgan fingerprint density at radius 3 is 2.67 bits per heavy atom. The summed E-state index contributed by atoms with van der Waals surface area (Å²) >= 11 is 0. The average Bonchev–Trinajstić information content (AvgIpc) is 2.69. The van der Waals surface area contributed by atoms with Gasteiger partial charge in [0.15, 0.2) is 0 Å². The zero-order chi connectivity index (χ0) is 10.8. The largest absolute Gasteiger partial charge is 0.356 e. The molecule has 0 bridgehead atoms. The minimum atomic E-state index is -0.233. The van der Waals surface area contributed by atoms with Crippen molar-refractivity contribution in [3.05, 3.63) is 22.2 Å². The van der Waals surface area contributed by atoms with Gasteiger partial charge in [0, 0.05) is 24.8 Å². The van der Waals surface area contributed by atoms with Crippen LogP contribution in [-0.4, -0.2) is 23.1 Å². The van der Waals surface area contributed by atoms with E-state index < -0.39 is 0 Å². The fourth-order valence-corrected chi connectivity index (χ4v) is 1.88. The molecule has 0 radical (unpaired) electrons. The Labute approximate surface area is 89.3 Å². The van der Waals surface area contributed by atoms with Gasteiger partial charge < -0.3 is 9.88 Å². The Balaban J connectivity index is 2.34. The summed E-state index contributed by atoms with van der Waals surface area (Å²) in [4.78, 5) is 20.4. The Kier molecular flexibility index (Phi) is 2.75. The molecule has 1 fully saturated rings. The van der Waals surface area contributed by atoms with Gasteiger partial charge in [0.05, 0.1) is 0 Å². The molecule has 1 aliphatic rings. The number of H-pyrrole nitrogens is 1. The van der Waals surface area contributed by atoms with Crippen molar-refractivity contribution in [3.8, 4) is 0 Å². The molecule has 82 valence electrons. The van der Waals surface area contributed by atoms with Gasteiger partial charge in [-0.1, -0.05) is 13.8 Å². The second-order valence-corrected chi connectivity index (χ2v) is 4.35. The predicted molar refractivity (Wildman–Crippen MR) is 60.4 cm³/mol. The smallest absolute Gasteiger partial charge is 0.347 e. The van der Waals surface area contributed by atoms with Crippen LogP contribution in [0.15, 0.2) is 10.9 Å². The first-order chi connectivity index (χ1) is 7.16. The van der Waals surface area contributed by atoms with Gasteiger partial charge in [-0.15, -0.1) is 0 Å². The molecule has 1 N–H and O–H groups in total. The van der Waals surface area contributed by atoms with Gasteiger partial charge in [-0.2, -0.15) is 4.98 Å². The highest BCUT2D eigenvalue weighted by Crippen LogP contribution is 2.19. The Bertz CT molecular complexity index is 391. The molecule has 0 aromatic carbocycles. The number of hydrogen-bond donors (Lipinski definition) is 1. The van der Waals surface area contributed by atoms with Gasteiger partial charge in [0.1, 0.15) is 5.82 Å². The van der Waals surface area contributed by atoms with Gasteiger partial charge in [-0.05, 0) is 18.8 Å². The quantitative estimate of drug-likeness (QED) is 0.799. The Hall–Kier alpha value is -1.32. The lowest BCUT2D eigenvalue weighted by Crippen LogP contribution is -2.24. The van der Waals surface area contributed by atoms with E-state index >= 15 is 0 Å². The van der Waals surface area contributed by atoms with E-state index in [1.807, 2.05) is 6.07 Å². The maximum atomic E-state index is 11.4. The first-order valence-corrected chi connectivity index (χ1v) is 5.53. The molecule has 4 nitrogen and oxygen atoms in total. The van der Waals surface area contributed by atoms with Crippen LogP contribution in [0.4, 0.5) is 5.82 Å². The van der Waals surface area contributed by atoms with Crippen LogP contribution in [0.1, 0.15) is 38.3 Å². The van der Waals surface area contributed by atoms with Crippen molar-refractivity contribution in [2.75, 3.05) is 18.0 Å². The number of rotatable bonds is 2. The highest BCUT2D eigenvalue weighted by molar-refractivity contribution is 5.40. The molecule has 0 unspecified atom stereocenters. The summed E-state index contributed by atoms with van der Waals surface area (Å²) in [6.45, 7) is 6.18. The molecule has 1 aromatic heterocycles. The van der Waals surface area contributed by atoms with Crippen LogP contribution in [0.5, 0.6) is 0 Å². The Morgan fingerprint density at radius 1 is 1.40 bits per heavy atom. The van der Waals surface area contributed by atoms with Crippen LogP contribution < -0.4 is 10.6 Å². The van der Waals surface area contributed by atoms with Crippen molar-refractivity contribution in [2.24, 2.45) is 0 Å². The van der Waals surface area contributed by atoms with Crippen LogP contribution in [0.2, 0.25) is 0 Å². The number of aromatic nitrogens is 2. The van der Waals surface area contributed by atoms with E-state index in [1.165, 1.54) is 12.8 Å². The molecular weight excluding hydrogens is 190 g/mol. The minimum absolute atomic E-state index is 0.233. The Morgan fingerprint density at radius 2 is 2.07 bits per heavy atom. The molecule has 0 amide bonds. The molecule has 4 heteroatoms. The molecule has 0 saturated carbocycles. The van der Waals surface area contributed by atoms with Crippen molar-refractivity contribution < 1.29 is 0 Å². The van der Waals surface area contributed by atoms with Crippen molar-refractivity contribution in [3.63, 3.8) is 0 Å². The molecule has 0 spiro atoms. The number of hydrogen-bond acceptors (Lipinski definition) is 3. The van der Waals surface area contributed by atoms with Crippen molar-refractivity contribution in [1.82, 2.24) is 9.97 Å². The van der Waals surface area contributed by atoms with E-state index in [1.54, 1.807) is 0 Å². The predicted octanol–water partition coefficient (Wildman–Crippen LogP) is 1.49. The number of nitrogens with zero attached hydrogens (tertiary/aromatic N) is 2. The lowest BCUT2D eigenvalue weighted by molar-refractivity contribution is 0.792. The van der Waals surface area contributed by atoms with E-state index in [-0.39, 0.29) is 5.69 Å². The third-order valence-corrected chi connectivity index (χ3v) is 2.80. The first-order valence-electron chi connectivity index (χ1n) is 5.53. The van der Waals surface area contributed by atoms with Gasteiger partial charge in [-0.3, -0.25) is 0 Å². The first kappa shape index (κ1) is 10.2. The maximum Gasteiger partial charge on any atom is 0.347 e. The summed E-state index contributed by atoms with van der Waals surface area (Å²) < 4.78 is 0. The molecule has 0 atom stereocenters. The fraction of sp³-hybridized carbons (Fsp3) is 0.636. The third-order valence-electron chi connectivity index (χ3n) is 2.80. The van der Waals surface area contributed by atoms with Crippen LogP contribution in [0.3, 0.4) is 0 Å². The van der Waals surface area contributed by atoms with E-state index in [4.69, 9.17) is 0 Å². The number of anilines is 1. The minimum Gasteiger partial charge on any atom is -0.356 e. The highest BCUT2D eigenvalue weighted by atomic mass is 16.1. The van der Waals surface area contributed by atoms with E-state index in [0.29, 0.717) is 5.92 Å². The van der Waals surface area contributed by atoms with Gasteiger partial charge in [-0.25, -0.2) is 4.79 Å². The molecule has 1 saturated heterocycles. The molecule has 15 heavy (non-hydrogen) atoms.